The van der Waals surface area contributed by atoms with E-state index in [-0.39, 0.29) is 12.5 Å². The van der Waals surface area contributed by atoms with E-state index in [1.165, 1.54) is 0 Å². The summed E-state index contributed by atoms with van der Waals surface area (Å²) in [5, 5.41) is 23.8. The fourth-order valence-corrected chi connectivity index (χ4v) is 2.41. The van der Waals surface area contributed by atoms with Gasteiger partial charge in [0.15, 0.2) is 5.96 Å². The number of aliphatic hydroxyl groups is 1. The zero-order valence-corrected chi connectivity index (χ0v) is 16.1. The second kappa shape index (κ2) is 9.72. The maximum Gasteiger partial charge on any atom is 0.251 e. The van der Waals surface area contributed by atoms with Gasteiger partial charge < -0.3 is 21.1 Å². The van der Waals surface area contributed by atoms with E-state index in [1.54, 1.807) is 43.2 Å². The first-order chi connectivity index (χ1) is 12.9. The topological polar surface area (TPSA) is 104 Å². The summed E-state index contributed by atoms with van der Waals surface area (Å²) >= 11 is 0. The fourth-order valence-electron chi connectivity index (χ4n) is 2.41. The summed E-state index contributed by atoms with van der Waals surface area (Å²) in [6.45, 7) is 5.52. The van der Waals surface area contributed by atoms with E-state index in [4.69, 9.17) is 0 Å². The lowest BCUT2D eigenvalue weighted by Crippen LogP contribution is -2.42. The second-order valence-corrected chi connectivity index (χ2v) is 6.42. The number of nitrogens with one attached hydrogen (secondary N) is 3. The van der Waals surface area contributed by atoms with Crippen molar-refractivity contribution in [2.75, 3.05) is 26.2 Å². The van der Waals surface area contributed by atoms with E-state index < -0.39 is 5.60 Å². The number of hydrogen-bond donors (Lipinski definition) is 4. The van der Waals surface area contributed by atoms with Crippen molar-refractivity contribution in [1.82, 2.24) is 25.7 Å². The van der Waals surface area contributed by atoms with Crippen LogP contribution in [0, 0.1) is 0 Å². The molecule has 0 fully saturated rings. The summed E-state index contributed by atoms with van der Waals surface area (Å²) in [6.07, 6.45) is 3.41. The third-order valence-electron chi connectivity index (χ3n) is 3.96. The Morgan fingerprint density at radius 2 is 1.93 bits per heavy atom. The molecule has 0 aliphatic carbocycles. The van der Waals surface area contributed by atoms with Crippen molar-refractivity contribution in [3.8, 4) is 0 Å². The monoisotopic (exact) mass is 372 g/mol. The maximum absolute atomic E-state index is 12.0. The average Bonchev–Trinajstić information content (AvgIpc) is 3.11. The first-order valence-corrected chi connectivity index (χ1v) is 8.99. The Hall–Kier alpha value is -2.87. The van der Waals surface area contributed by atoms with Crippen molar-refractivity contribution in [3.63, 3.8) is 0 Å². The Morgan fingerprint density at radius 1 is 1.22 bits per heavy atom. The van der Waals surface area contributed by atoms with Crippen LogP contribution in [0.5, 0.6) is 0 Å². The molecule has 4 N–H and O–H groups in total. The van der Waals surface area contributed by atoms with Crippen molar-refractivity contribution >= 4 is 11.9 Å². The van der Waals surface area contributed by atoms with Gasteiger partial charge in [0.25, 0.3) is 5.91 Å². The molecule has 0 aliphatic rings. The van der Waals surface area contributed by atoms with Crippen molar-refractivity contribution in [1.29, 1.82) is 0 Å². The summed E-state index contributed by atoms with van der Waals surface area (Å²) in [6, 6.07) is 9.08. The lowest BCUT2D eigenvalue weighted by atomic mass is 10.0. The van der Waals surface area contributed by atoms with Gasteiger partial charge in [0.2, 0.25) is 0 Å². The number of nitrogens with zero attached hydrogens (tertiary/aromatic N) is 3. The molecule has 1 amide bonds. The van der Waals surface area contributed by atoms with Crippen LogP contribution in [0.3, 0.4) is 0 Å². The minimum absolute atomic E-state index is 0.112. The predicted molar refractivity (Wildman–Crippen MR) is 106 cm³/mol. The molecule has 8 heteroatoms. The molecule has 0 bridgehead atoms. The first kappa shape index (κ1) is 20.4. The molecule has 0 radical (unpaired) electrons. The molecule has 27 heavy (non-hydrogen) atoms. The molecular weight excluding hydrogens is 344 g/mol. The Kier molecular flexibility index (Phi) is 7.36. The molecule has 1 aromatic carbocycles. The highest BCUT2D eigenvalue weighted by Gasteiger charge is 2.24. The van der Waals surface area contributed by atoms with Gasteiger partial charge in [0.1, 0.15) is 5.60 Å². The molecule has 0 aliphatic heterocycles. The molecule has 1 heterocycles. The number of aryl methyl sites for hydroxylation is 1. The van der Waals surface area contributed by atoms with Crippen LogP contribution in [0.1, 0.15) is 29.8 Å². The van der Waals surface area contributed by atoms with Gasteiger partial charge >= 0.3 is 0 Å². The standard InChI is InChI=1S/C19H28N6O2/c1-4-20-18(23-14-19(2,27)16-12-24-25(3)13-16)22-11-10-21-17(26)15-8-6-5-7-9-15/h5-9,12-13,27H,4,10-11,14H2,1-3H3,(H,21,26)(H2,20,22,23). The zero-order valence-electron chi connectivity index (χ0n) is 16.1. The third-order valence-corrected chi connectivity index (χ3v) is 3.96. The van der Waals surface area contributed by atoms with Gasteiger partial charge in [-0.05, 0) is 26.0 Å². The van der Waals surface area contributed by atoms with Gasteiger partial charge in [-0.15, -0.1) is 0 Å². The largest absolute Gasteiger partial charge is 0.383 e. The number of aliphatic imine (C=N–C) groups is 1. The van der Waals surface area contributed by atoms with Crippen LogP contribution in [0.4, 0.5) is 0 Å². The van der Waals surface area contributed by atoms with E-state index in [1.807, 2.05) is 25.1 Å². The molecule has 2 rings (SSSR count). The second-order valence-electron chi connectivity index (χ2n) is 6.42. The van der Waals surface area contributed by atoms with Gasteiger partial charge in [-0.3, -0.25) is 9.48 Å². The molecule has 1 atom stereocenters. The first-order valence-electron chi connectivity index (χ1n) is 8.99. The summed E-state index contributed by atoms with van der Waals surface area (Å²) in [4.78, 5) is 16.4. The van der Waals surface area contributed by atoms with Crippen LogP contribution in [-0.2, 0) is 12.6 Å². The molecule has 0 saturated carbocycles. The highest BCUT2D eigenvalue weighted by molar-refractivity contribution is 5.94. The summed E-state index contributed by atoms with van der Waals surface area (Å²) in [5.74, 6) is 0.467. The average molecular weight is 372 g/mol. The number of amides is 1. The van der Waals surface area contributed by atoms with Crippen molar-refractivity contribution < 1.29 is 9.90 Å². The van der Waals surface area contributed by atoms with E-state index in [9.17, 15) is 9.90 Å². The molecule has 0 spiro atoms. The Balaban J connectivity index is 1.83. The van der Waals surface area contributed by atoms with Gasteiger partial charge in [-0.2, -0.15) is 5.10 Å². The highest BCUT2D eigenvalue weighted by atomic mass is 16.3. The summed E-state index contributed by atoms with van der Waals surface area (Å²) in [5.41, 5.74) is 0.225. The number of hydrogen-bond acceptors (Lipinski definition) is 4. The smallest absolute Gasteiger partial charge is 0.251 e. The number of benzene rings is 1. The Labute approximate surface area is 159 Å². The normalized spacial score (nSPS) is 13.7. The summed E-state index contributed by atoms with van der Waals surface area (Å²) in [7, 11) is 1.80. The molecule has 146 valence electrons. The van der Waals surface area contributed by atoms with Gasteiger partial charge in [-0.25, -0.2) is 4.99 Å². The number of carbonyl (C=O) groups excluding carboxylic acids is 1. The number of carbonyl (C=O) groups is 1. The quantitative estimate of drug-likeness (QED) is 0.309. The summed E-state index contributed by atoms with van der Waals surface area (Å²) < 4.78 is 1.65. The van der Waals surface area contributed by atoms with Crippen LogP contribution in [0.15, 0.2) is 47.7 Å². The molecule has 1 aromatic heterocycles. The van der Waals surface area contributed by atoms with Crippen LogP contribution < -0.4 is 16.0 Å². The number of rotatable bonds is 8. The minimum Gasteiger partial charge on any atom is -0.383 e. The van der Waals surface area contributed by atoms with Crippen molar-refractivity contribution in [2.24, 2.45) is 12.0 Å². The predicted octanol–water partition coefficient (Wildman–Crippen LogP) is 0.613. The number of aromatic nitrogens is 2. The van der Waals surface area contributed by atoms with Gasteiger partial charge in [0.05, 0.1) is 12.7 Å². The van der Waals surface area contributed by atoms with E-state index >= 15 is 0 Å². The molecule has 2 aromatic rings. The van der Waals surface area contributed by atoms with Crippen molar-refractivity contribution in [3.05, 3.63) is 53.9 Å². The van der Waals surface area contributed by atoms with Crippen LogP contribution >= 0.6 is 0 Å². The molecule has 0 saturated heterocycles. The lowest BCUT2D eigenvalue weighted by molar-refractivity contribution is 0.0672. The third kappa shape index (κ3) is 6.41. The van der Waals surface area contributed by atoms with Crippen molar-refractivity contribution in [2.45, 2.75) is 19.4 Å². The SMILES string of the molecule is CCNC(=NCC(C)(O)c1cnn(C)c1)NCCNC(=O)c1ccccc1. The zero-order chi connectivity index (χ0) is 19.7. The van der Waals surface area contributed by atoms with Gasteiger partial charge in [-0.1, -0.05) is 18.2 Å². The van der Waals surface area contributed by atoms with E-state index in [0.717, 1.165) is 0 Å². The van der Waals surface area contributed by atoms with Crippen LogP contribution in [-0.4, -0.2) is 52.9 Å². The molecular formula is C19H28N6O2. The molecule has 8 nitrogen and oxygen atoms in total. The Bertz CT molecular complexity index is 755. The van der Waals surface area contributed by atoms with E-state index in [2.05, 4.69) is 26.0 Å². The molecule has 1 unspecified atom stereocenters. The van der Waals surface area contributed by atoms with Crippen LogP contribution in [0.25, 0.3) is 0 Å². The van der Waals surface area contributed by atoms with Crippen LogP contribution in [0.2, 0.25) is 0 Å². The minimum atomic E-state index is -1.11. The van der Waals surface area contributed by atoms with E-state index in [0.29, 0.717) is 36.7 Å². The maximum atomic E-state index is 12.0. The Morgan fingerprint density at radius 3 is 2.56 bits per heavy atom. The fraction of sp³-hybridized carbons (Fsp3) is 0.421. The highest BCUT2D eigenvalue weighted by Crippen LogP contribution is 2.19. The van der Waals surface area contributed by atoms with Gasteiger partial charge in [0, 0.05) is 44.0 Å². The lowest BCUT2D eigenvalue weighted by Gasteiger charge is -2.20. The number of guanidine groups is 1.